The van der Waals surface area contributed by atoms with Gasteiger partial charge in [0.15, 0.2) is 0 Å². The molecule has 0 saturated carbocycles. The van der Waals surface area contributed by atoms with Gasteiger partial charge in [0.2, 0.25) is 0 Å². The standard InChI is InChI=1S/C24H27NO4/c25-24(17-26,18-27)14-13-19-9-11-21(12-10-19)29-23-8-4-7-22(15-23)28-16-20-5-2-1-3-6-20/h1-12,15,26-27H,13-14,16-18,25H2. The lowest BCUT2D eigenvalue weighted by molar-refractivity contribution is 0.115. The normalized spacial score (nSPS) is 11.3. The van der Waals surface area contributed by atoms with Crippen LogP contribution in [0.25, 0.3) is 0 Å². The van der Waals surface area contributed by atoms with Gasteiger partial charge in [-0.1, -0.05) is 48.5 Å². The minimum absolute atomic E-state index is 0.243. The number of ether oxygens (including phenoxy) is 2. The van der Waals surface area contributed by atoms with Crippen LogP contribution < -0.4 is 15.2 Å². The second-order valence-corrected chi connectivity index (χ2v) is 7.17. The topological polar surface area (TPSA) is 84.9 Å². The molecule has 0 fully saturated rings. The van der Waals surface area contributed by atoms with Gasteiger partial charge >= 0.3 is 0 Å². The van der Waals surface area contributed by atoms with Crippen molar-refractivity contribution in [3.05, 3.63) is 90.0 Å². The van der Waals surface area contributed by atoms with Crippen LogP contribution in [0.3, 0.4) is 0 Å². The third-order valence-electron chi connectivity index (χ3n) is 4.75. The second kappa shape index (κ2) is 10.1. The molecule has 0 heterocycles. The van der Waals surface area contributed by atoms with E-state index in [4.69, 9.17) is 15.2 Å². The molecule has 29 heavy (non-hydrogen) atoms. The molecule has 0 amide bonds. The van der Waals surface area contributed by atoms with Crippen LogP contribution in [0.5, 0.6) is 17.2 Å². The molecule has 152 valence electrons. The van der Waals surface area contributed by atoms with Crippen LogP contribution in [-0.2, 0) is 13.0 Å². The van der Waals surface area contributed by atoms with Gasteiger partial charge in [0, 0.05) is 6.07 Å². The molecular weight excluding hydrogens is 366 g/mol. The Morgan fingerprint density at radius 3 is 2.10 bits per heavy atom. The van der Waals surface area contributed by atoms with Gasteiger partial charge in [-0.25, -0.2) is 0 Å². The summed E-state index contributed by atoms with van der Waals surface area (Å²) in [5.74, 6) is 2.16. The molecule has 3 rings (SSSR count). The molecule has 0 bridgehead atoms. The molecule has 5 nitrogen and oxygen atoms in total. The molecule has 0 spiro atoms. The average molecular weight is 393 g/mol. The smallest absolute Gasteiger partial charge is 0.131 e. The summed E-state index contributed by atoms with van der Waals surface area (Å²) >= 11 is 0. The van der Waals surface area contributed by atoms with Gasteiger partial charge < -0.3 is 25.4 Å². The molecule has 0 aliphatic heterocycles. The summed E-state index contributed by atoms with van der Waals surface area (Å²) in [6.45, 7) is 0.0179. The Balaban J connectivity index is 1.56. The Hall–Kier alpha value is -2.86. The van der Waals surface area contributed by atoms with E-state index in [0.29, 0.717) is 25.2 Å². The maximum Gasteiger partial charge on any atom is 0.131 e. The van der Waals surface area contributed by atoms with Crippen LogP contribution in [0.2, 0.25) is 0 Å². The molecule has 0 radical (unpaired) electrons. The molecule has 0 aromatic heterocycles. The molecule has 0 saturated heterocycles. The first-order chi connectivity index (χ1) is 14.1. The van der Waals surface area contributed by atoms with E-state index in [0.717, 1.165) is 22.6 Å². The van der Waals surface area contributed by atoms with Crippen LogP contribution in [-0.4, -0.2) is 29.0 Å². The highest BCUT2D eigenvalue weighted by atomic mass is 16.5. The lowest BCUT2D eigenvalue weighted by Gasteiger charge is -2.24. The summed E-state index contributed by atoms with van der Waals surface area (Å²) in [6.07, 6.45) is 1.17. The second-order valence-electron chi connectivity index (χ2n) is 7.17. The Morgan fingerprint density at radius 2 is 1.41 bits per heavy atom. The first-order valence-electron chi connectivity index (χ1n) is 9.64. The molecule has 0 aliphatic rings. The summed E-state index contributed by atoms with van der Waals surface area (Å²) in [7, 11) is 0. The Bertz CT molecular complexity index is 877. The maximum absolute atomic E-state index is 9.28. The number of aliphatic hydroxyl groups is 2. The fraction of sp³-hybridized carbons (Fsp3) is 0.250. The van der Waals surface area contributed by atoms with Crippen molar-refractivity contribution < 1.29 is 19.7 Å². The summed E-state index contributed by atoms with van der Waals surface area (Å²) < 4.78 is 11.8. The monoisotopic (exact) mass is 393 g/mol. The van der Waals surface area contributed by atoms with Gasteiger partial charge in [0.05, 0.1) is 18.8 Å². The lowest BCUT2D eigenvalue weighted by atomic mass is 9.94. The predicted molar refractivity (Wildman–Crippen MR) is 113 cm³/mol. The van der Waals surface area contributed by atoms with Gasteiger partial charge in [-0.2, -0.15) is 0 Å². The largest absolute Gasteiger partial charge is 0.489 e. The SMILES string of the molecule is NC(CO)(CO)CCc1ccc(Oc2cccc(OCc3ccccc3)c2)cc1. The summed E-state index contributed by atoms with van der Waals surface area (Å²) in [5.41, 5.74) is 7.14. The highest BCUT2D eigenvalue weighted by Crippen LogP contribution is 2.26. The summed E-state index contributed by atoms with van der Waals surface area (Å²) in [5, 5.41) is 18.6. The van der Waals surface area contributed by atoms with Gasteiger partial charge in [-0.3, -0.25) is 0 Å². The Kier molecular flexibility index (Phi) is 7.25. The molecule has 0 unspecified atom stereocenters. The van der Waals surface area contributed by atoms with E-state index in [1.807, 2.05) is 78.9 Å². The van der Waals surface area contributed by atoms with Crippen molar-refractivity contribution in [2.75, 3.05) is 13.2 Å². The third-order valence-corrected chi connectivity index (χ3v) is 4.75. The Labute approximate surface area is 171 Å². The molecule has 3 aromatic carbocycles. The minimum Gasteiger partial charge on any atom is -0.489 e. The van der Waals surface area contributed by atoms with Crippen LogP contribution in [0, 0.1) is 0 Å². The van der Waals surface area contributed by atoms with Crippen molar-refractivity contribution in [1.29, 1.82) is 0 Å². The zero-order chi connectivity index (χ0) is 20.5. The number of nitrogens with two attached hydrogens (primary N) is 1. The van der Waals surface area contributed by atoms with E-state index >= 15 is 0 Å². The van der Waals surface area contributed by atoms with E-state index in [-0.39, 0.29) is 13.2 Å². The quantitative estimate of drug-likeness (QED) is 0.489. The van der Waals surface area contributed by atoms with Crippen LogP contribution in [0.4, 0.5) is 0 Å². The third kappa shape index (κ3) is 6.32. The highest BCUT2D eigenvalue weighted by molar-refractivity contribution is 5.37. The number of rotatable bonds is 10. The lowest BCUT2D eigenvalue weighted by Crippen LogP contribution is -2.47. The maximum atomic E-state index is 9.28. The van der Waals surface area contributed by atoms with E-state index < -0.39 is 5.54 Å². The van der Waals surface area contributed by atoms with Crippen molar-refractivity contribution in [2.24, 2.45) is 5.73 Å². The number of hydrogen-bond acceptors (Lipinski definition) is 5. The van der Waals surface area contributed by atoms with E-state index in [9.17, 15) is 10.2 Å². The average Bonchev–Trinajstić information content (AvgIpc) is 2.78. The van der Waals surface area contributed by atoms with Crippen molar-refractivity contribution >= 4 is 0 Å². The minimum atomic E-state index is -0.949. The number of hydrogen-bond donors (Lipinski definition) is 3. The number of aliphatic hydroxyl groups excluding tert-OH is 2. The van der Waals surface area contributed by atoms with Gasteiger partial charge in [-0.15, -0.1) is 0 Å². The van der Waals surface area contributed by atoms with Crippen molar-refractivity contribution in [1.82, 2.24) is 0 Å². The first-order valence-corrected chi connectivity index (χ1v) is 9.64. The molecule has 0 aliphatic carbocycles. The molecule has 3 aromatic rings. The summed E-state index contributed by atoms with van der Waals surface area (Å²) in [6, 6.07) is 25.3. The molecular formula is C24H27NO4. The van der Waals surface area contributed by atoms with E-state index in [1.165, 1.54) is 0 Å². The van der Waals surface area contributed by atoms with Crippen molar-refractivity contribution in [3.8, 4) is 17.2 Å². The fourth-order valence-corrected chi connectivity index (χ4v) is 2.83. The predicted octanol–water partition coefficient (Wildman–Crippen LogP) is 3.67. The van der Waals surface area contributed by atoms with Gasteiger partial charge in [0.1, 0.15) is 23.9 Å². The summed E-state index contributed by atoms with van der Waals surface area (Å²) in [4.78, 5) is 0. The zero-order valence-corrected chi connectivity index (χ0v) is 16.3. The van der Waals surface area contributed by atoms with Crippen LogP contribution in [0.15, 0.2) is 78.9 Å². The Morgan fingerprint density at radius 1 is 0.724 bits per heavy atom. The van der Waals surface area contributed by atoms with Gasteiger partial charge in [0.25, 0.3) is 0 Å². The van der Waals surface area contributed by atoms with E-state index in [1.54, 1.807) is 0 Å². The molecule has 5 heteroatoms. The number of aryl methyl sites for hydroxylation is 1. The fourth-order valence-electron chi connectivity index (χ4n) is 2.83. The van der Waals surface area contributed by atoms with Crippen LogP contribution >= 0.6 is 0 Å². The highest BCUT2D eigenvalue weighted by Gasteiger charge is 2.22. The zero-order valence-electron chi connectivity index (χ0n) is 16.3. The first kappa shape index (κ1) is 20.9. The molecule has 4 N–H and O–H groups in total. The van der Waals surface area contributed by atoms with Crippen molar-refractivity contribution in [2.45, 2.75) is 25.0 Å². The molecule has 0 atom stereocenters. The number of benzene rings is 3. The van der Waals surface area contributed by atoms with Crippen molar-refractivity contribution in [3.63, 3.8) is 0 Å². The van der Waals surface area contributed by atoms with Crippen LogP contribution in [0.1, 0.15) is 17.5 Å². The van der Waals surface area contributed by atoms with Gasteiger partial charge in [-0.05, 0) is 48.2 Å². The van der Waals surface area contributed by atoms with E-state index in [2.05, 4.69) is 0 Å².